The summed E-state index contributed by atoms with van der Waals surface area (Å²) in [6.45, 7) is 4.03. The van der Waals surface area contributed by atoms with Gasteiger partial charge in [0.25, 0.3) is 0 Å². The van der Waals surface area contributed by atoms with Crippen LogP contribution in [0.25, 0.3) is 0 Å². The highest BCUT2D eigenvalue weighted by atomic mass is 35.5. The van der Waals surface area contributed by atoms with Crippen LogP contribution < -0.4 is 4.74 Å². The predicted molar refractivity (Wildman–Crippen MR) is 72.5 cm³/mol. The van der Waals surface area contributed by atoms with Crippen molar-refractivity contribution in [3.05, 3.63) is 28.8 Å². The molecule has 0 unspecified atom stereocenters. The number of nitrogens with zero attached hydrogens (tertiary/aromatic N) is 1. The highest BCUT2D eigenvalue weighted by molar-refractivity contribution is 6.32. The second-order valence-corrected chi connectivity index (χ2v) is 5.28. The van der Waals surface area contributed by atoms with Crippen molar-refractivity contribution < 1.29 is 14.6 Å². The highest BCUT2D eigenvalue weighted by Crippen LogP contribution is 2.29. The Kier molecular flexibility index (Phi) is 5.20. The summed E-state index contributed by atoms with van der Waals surface area (Å²) in [5, 5.41) is 18.2. The van der Waals surface area contributed by atoms with E-state index in [0.29, 0.717) is 19.4 Å². The van der Waals surface area contributed by atoms with E-state index in [2.05, 4.69) is 6.07 Å². The van der Waals surface area contributed by atoms with E-state index in [0.717, 1.165) is 0 Å². The van der Waals surface area contributed by atoms with E-state index in [-0.39, 0.29) is 16.3 Å². The molecule has 0 saturated heterocycles. The minimum atomic E-state index is -1.07. The number of nitriles is 1. The summed E-state index contributed by atoms with van der Waals surface area (Å²) >= 11 is 5.93. The fraction of sp³-hybridized carbons (Fsp3) is 0.429. The van der Waals surface area contributed by atoms with Gasteiger partial charge in [0.15, 0.2) is 5.75 Å². The predicted octanol–water partition coefficient (Wildman–Crippen LogP) is 3.75. The largest absolute Gasteiger partial charge is 0.491 e. The Balaban J connectivity index is 2.64. The number of carboxylic acids is 1. The molecule has 1 aromatic carbocycles. The third-order valence-electron chi connectivity index (χ3n) is 2.69. The van der Waals surface area contributed by atoms with Crippen molar-refractivity contribution in [3.63, 3.8) is 0 Å². The van der Waals surface area contributed by atoms with Crippen molar-refractivity contribution in [2.45, 2.75) is 26.7 Å². The van der Waals surface area contributed by atoms with E-state index in [1.165, 1.54) is 6.07 Å². The lowest BCUT2D eigenvalue weighted by atomic mass is 9.90. The minimum Gasteiger partial charge on any atom is -0.491 e. The van der Waals surface area contributed by atoms with Gasteiger partial charge in [-0.25, -0.2) is 4.79 Å². The summed E-state index contributed by atoms with van der Waals surface area (Å²) in [6.07, 6.45) is 1.33. The molecule has 0 aliphatic rings. The summed E-state index contributed by atoms with van der Waals surface area (Å²) in [7, 11) is 0. The molecule has 19 heavy (non-hydrogen) atoms. The molecule has 0 aliphatic heterocycles. The molecule has 4 nitrogen and oxygen atoms in total. The monoisotopic (exact) mass is 281 g/mol. The first-order valence-electron chi connectivity index (χ1n) is 5.93. The molecular formula is C14H16ClNO3. The Morgan fingerprint density at radius 1 is 1.53 bits per heavy atom. The van der Waals surface area contributed by atoms with Gasteiger partial charge in [-0.3, -0.25) is 0 Å². The van der Waals surface area contributed by atoms with Crippen LogP contribution in [0.3, 0.4) is 0 Å². The normalized spacial score (nSPS) is 10.8. The van der Waals surface area contributed by atoms with Crippen molar-refractivity contribution >= 4 is 17.6 Å². The maximum atomic E-state index is 11.0. The second kappa shape index (κ2) is 6.44. The smallest absolute Gasteiger partial charge is 0.339 e. The van der Waals surface area contributed by atoms with Crippen molar-refractivity contribution in [1.82, 2.24) is 0 Å². The van der Waals surface area contributed by atoms with Crippen LogP contribution in [0.15, 0.2) is 18.2 Å². The number of hydrogen-bond acceptors (Lipinski definition) is 3. The molecule has 102 valence electrons. The molecule has 0 heterocycles. The van der Waals surface area contributed by atoms with Crippen LogP contribution in [-0.4, -0.2) is 17.7 Å². The van der Waals surface area contributed by atoms with E-state index >= 15 is 0 Å². The fourth-order valence-corrected chi connectivity index (χ4v) is 1.80. The molecule has 0 fully saturated rings. The molecular weight excluding hydrogens is 266 g/mol. The summed E-state index contributed by atoms with van der Waals surface area (Å²) in [5.74, 6) is -0.888. The zero-order valence-electron chi connectivity index (χ0n) is 10.9. The lowest BCUT2D eigenvalue weighted by molar-refractivity contribution is 0.0692. The van der Waals surface area contributed by atoms with Gasteiger partial charge in [-0.2, -0.15) is 5.26 Å². The number of carbonyl (C=O) groups is 1. The van der Waals surface area contributed by atoms with Gasteiger partial charge < -0.3 is 9.84 Å². The Morgan fingerprint density at radius 2 is 2.21 bits per heavy atom. The lowest BCUT2D eigenvalue weighted by Gasteiger charge is -2.15. The van der Waals surface area contributed by atoms with Crippen molar-refractivity contribution in [2.24, 2.45) is 5.41 Å². The third kappa shape index (κ3) is 4.46. The maximum Gasteiger partial charge on any atom is 0.339 e. The zero-order chi connectivity index (χ0) is 14.5. The van der Waals surface area contributed by atoms with Crippen LogP contribution in [0.4, 0.5) is 0 Å². The SMILES string of the molecule is CC(C)(C#N)CCCOc1c(Cl)cccc1C(=O)O. The van der Waals surface area contributed by atoms with Crippen LogP contribution in [0.5, 0.6) is 5.75 Å². The van der Waals surface area contributed by atoms with E-state index in [4.69, 9.17) is 26.7 Å². The van der Waals surface area contributed by atoms with E-state index in [9.17, 15) is 4.79 Å². The molecule has 0 radical (unpaired) electrons. The summed E-state index contributed by atoms with van der Waals surface area (Å²) in [4.78, 5) is 11.0. The van der Waals surface area contributed by atoms with Gasteiger partial charge in [-0.05, 0) is 38.8 Å². The molecule has 0 saturated carbocycles. The summed E-state index contributed by atoms with van der Waals surface area (Å²) < 4.78 is 5.45. The Morgan fingerprint density at radius 3 is 2.79 bits per heavy atom. The zero-order valence-corrected chi connectivity index (χ0v) is 11.7. The molecule has 1 aromatic rings. The number of benzene rings is 1. The van der Waals surface area contributed by atoms with Crippen molar-refractivity contribution in [2.75, 3.05) is 6.61 Å². The number of halogens is 1. The lowest BCUT2D eigenvalue weighted by Crippen LogP contribution is -2.11. The van der Waals surface area contributed by atoms with E-state index in [1.54, 1.807) is 12.1 Å². The number of aromatic carboxylic acids is 1. The summed E-state index contributed by atoms with van der Waals surface area (Å²) in [5.41, 5.74) is -0.355. The Hall–Kier alpha value is -1.73. The van der Waals surface area contributed by atoms with Gasteiger partial charge in [-0.15, -0.1) is 0 Å². The van der Waals surface area contributed by atoms with E-state index in [1.807, 2.05) is 13.8 Å². The molecule has 0 atom stereocenters. The van der Waals surface area contributed by atoms with Crippen LogP contribution in [0.2, 0.25) is 5.02 Å². The van der Waals surface area contributed by atoms with Gasteiger partial charge in [0, 0.05) is 0 Å². The van der Waals surface area contributed by atoms with E-state index < -0.39 is 11.4 Å². The Labute approximate surface area is 117 Å². The number of ether oxygens (including phenoxy) is 1. The minimum absolute atomic E-state index is 0.0482. The number of hydrogen-bond donors (Lipinski definition) is 1. The Bertz CT molecular complexity index is 506. The first-order valence-corrected chi connectivity index (χ1v) is 6.31. The van der Waals surface area contributed by atoms with Crippen molar-refractivity contribution in [3.8, 4) is 11.8 Å². The number of carboxylic acid groups (broad SMARTS) is 1. The van der Waals surface area contributed by atoms with Crippen LogP contribution >= 0.6 is 11.6 Å². The van der Waals surface area contributed by atoms with Crippen LogP contribution in [0.1, 0.15) is 37.0 Å². The molecule has 0 amide bonds. The molecule has 0 aliphatic carbocycles. The maximum absolute atomic E-state index is 11.0. The molecule has 0 aromatic heterocycles. The highest BCUT2D eigenvalue weighted by Gasteiger charge is 2.17. The quantitative estimate of drug-likeness (QED) is 0.806. The average Bonchev–Trinajstić information content (AvgIpc) is 2.35. The van der Waals surface area contributed by atoms with Crippen molar-refractivity contribution in [1.29, 1.82) is 5.26 Å². The third-order valence-corrected chi connectivity index (χ3v) is 2.99. The molecule has 5 heteroatoms. The van der Waals surface area contributed by atoms with Gasteiger partial charge in [0.05, 0.1) is 23.1 Å². The van der Waals surface area contributed by atoms with Crippen LogP contribution in [0, 0.1) is 16.7 Å². The van der Waals surface area contributed by atoms with Gasteiger partial charge in [0.1, 0.15) is 5.56 Å². The average molecular weight is 282 g/mol. The first-order chi connectivity index (χ1) is 8.87. The number of rotatable bonds is 6. The number of para-hydroxylation sites is 1. The molecule has 0 spiro atoms. The van der Waals surface area contributed by atoms with Gasteiger partial charge >= 0.3 is 5.97 Å². The summed E-state index contributed by atoms with van der Waals surface area (Å²) in [6, 6.07) is 6.81. The topological polar surface area (TPSA) is 70.3 Å². The first kappa shape index (κ1) is 15.3. The van der Waals surface area contributed by atoms with Gasteiger partial charge in [-0.1, -0.05) is 17.7 Å². The van der Waals surface area contributed by atoms with Crippen LogP contribution in [-0.2, 0) is 0 Å². The molecule has 1 rings (SSSR count). The molecule has 0 bridgehead atoms. The van der Waals surface area contributed by atoms with Gasteiger partial charge in [0.2, 0.25) is 0 Å². The molecule has 1 N–H and O–H groups in total. The standard InChI is InChI=1S/C14H16ClNO3/c1-14(2,9-16)7-4-8-19-12-10(13(17)18)5-3-6-11(12)15/h3,5-6H,4,7-8H2,1-2H3,(H,17,18). The second-order valence-electron chi connectivity index (χ2n) is 4.87. The fourth-order valence-electron chi connectivity index (χ4n) is 1.57.